The normalized spacial score (nSPS) is 18.8. The predicted octanol–water partition coefficient (Wildman–Crippen LogP) is 4.30. The lowest BCUT2D eigenvalue weighted by atomic mass is 9.86. The van der Waals surface area contributed by atoms with Crippen LogP contribution in [-0.2, 0) is 5.60 Å². The van der Waals surface area contributed by atoms with E-state index < -0.39 is 48.7 Å². The van der Waals surface area contributed by atoms with Crippen LogP contribution in [0.5, 0.6) is 0 Å². The smallest absolute Gasteiger partial charge is 0.284 e. The number of benzene rings is 2. The highest BCUT2D eigenvalue weighted by atomic mass is 35.5. The molecule has 3 N–H and O–H groups in total. The molecule has 0 saturated carbocycles. The van der Waals surface area contributed by atoms with Gasteiger partial charge in [0.2, 0.25) is 0 Å². The second-order valence-corrected chi connectivity index (χ2v) is 8.87. The number of hydrogen-bond acceptors (Lipinski definition) is 5. The quantitative estimate of drug-likeness (QED) is 0.477. The van der Waals surface area contributed by atoms with Gasteiger partial charge in [0.15, 0.2) is 5.60 Å². The van der Waals surface area contributed by atoms with E-state index in [4.69, 9.17) is 11.6 Å². The number of rotatable bonds is 4. The van der Waals surface area contributed by atoms with Gasteiger partial charge < -0.3 is 20.4 Å². The average molecular weight is 520 g/mol. The van der Waals surface area contributed by atoms with Gasteiger partial charge in [-0.3, -0.25) is 9.59 Å². The molecule has 0 saturated heterocycles. The Labute approximate surface area is 209 Å². The SMILES string of the molecule is Cc1ccc(F)cc1C(=O)Nc1ccc(C(=O)N2CCC(F)(F)[C@](O)(CO)c3cc(Cl)ccc32)cn1. The van der Waals surface area contributed by atoms with Crippen LogP contribution in [0.15, 0.2) is 54.7 Å². The minimum absolute atomic E-state index is 0.0218. The van der Waals surface area contributed by atoms with E-state index >= 15 is 0 Å². The third kappa shape index (κ3) is 4.55. The summed E-state index contributed by atoms with van der Waals surface area (Å²) >= 11 is 5.97. The van der Waals surface area contributed by atoms with Crippen molar-refractivity contribution in [1.29, 1.82) is 0 Å². The molecular weight excluding hydrogens is 499 g/mol. The molecule has 1 aliphatic heterocycles. The molecule has 0 bridgehead atoms. The Morgan fingerprint density at radius 3 is 2.58 bits per heavy atom. The fraction of sp³-hybridized carbons (Fsp3) is 0.240. The van der Waals surface area contributed by atoms with E-state index in [0.717, 1.165) is 23.2 Å². The maximum Gasteiger partial charge on any atom is 0.284 e. The standard InChI is InChI=1S/C25H21ClF3N3O4/c1-14-2-5-17(27)11-18(14)22(34)31-21-7-3-15(12-30-21)23(35)32-9-8-25(28,29)24(36,13-33)19-10-16(26)4-6-20(19)32/h2-7,10-12,33,36H,8-9,13H2,1H3,(H,30,31,34)/t24-/m0/s1. The zero-order valence-corrected chi connectivity index (χ0v) is 19.7. The maximum atomic E-state index is 14.9. The number of carbonyl (C=O) groups excluding carboxylic acids is 2. The van der Waals surface area contributed by atoms with Crippen LogP contribution in [0.2, 0.25) is 5.02 Å². The van der Waals surface area contributed by atoms with Crippen molar-refractivity contribution in [2.45, 2.75) is 24.9 Å². The number of halogens is 4. The summed E-state index contributed by atoms with van der Waals surface area (Å²) in [5.41, 5.74) is -2.65. The molecule has 1 atom stereocenters. The molecule has 2 amide bonds. The first-order valence-electron chi connectivity index (χ1n) is 10.8. The average Bonchev–Trinajstić information content (AvgIpc) is 2.93. The van der Waals surface area contributed by atoms with Crippen molar-refractivity contribution in [3.63, 3.8) is 0 Å². The third-order valence-corrected chi connectivity index (χ3v) is 6.35. The molecule has 3 aromatic rings. The molecule has 0 radical (unpaired) electrons. The second kappa shape index (κ2) is 9.53. The Kier molecular flexibility index (Phi) is 6.78. The van der Waals surface area contributed by atoms with Crippen LogP contribution in [0, 0.1) is 12.7 Å². The number of carbonyl (C=O) groups is 2. The molecule has 188 valence electrons. The van der Waals surface area contributed by atoms with Gasteiger partial charge in [-0.25, -0.2) is 18.2 Å². The van der Waals surface area contributed by atoms with Crippen LogP contribution in [0.25, 0.3) is 0 Å². The highest BCUT2D eigenvalue weighted by molar-refractivity contribution is 6.30. The van der Waals surface area contributed by atoms with E-state index in [-0.39, 0.29) is 33.2 Å². The van der Waals surface area contributed by atoms with E-state index in [0.29, 0.717) is 5.56 Å². The highest BCUT2D eigenvalue weighted by Crippen LogP contribution is 2.47. The van der Waals surface area contributed by atoms with E-state index in [2.05, 4.69) is 10.3 Å². The largest absolute Gasteiger partial charge is 0.393 e. The predicted molar refractivity (Wildman–Crippen MR) is 127 cm³/mol. The maximum absolute atomic E-state index is 14.9. The summed E-state index contributed by atoms with van der Waals surface area (Å²) in [4.78, 5) is 30.9. The van der Waals surface area contributed by atoms with Crippen molar-refractivity contribution in [3.8, 4) is 0 Å². The molecule has 4 rings (SSSR count). The van der Waals surface area contributed by atoms with E-state index in [1.807, 2.05) is 0 Å². The molecule has 2 aromatic carbocycles. The number of hydrogen-bond donors (Lipinski definition) is 3. The fourth-order valence-corrected chi connectivity index (χ4v) is 4.21. The first kappa shape index (κ1) is 25.6. The first-order chi connectivity index (χ1) is 17.0. The molecule has 0 fully saturated rings. The number of aliphatic hydroxyl groups excluding tert-OH is 1. The van der Waals surface area contributed by atoms with E-state index in [1.165, 1.54) is 36.4 Å². The number of pyridine rings is 1. The van der Waals surface area contributed by atoms with Gasteiger partial charge in [-0.1, -0.05) is 17.7 Å². The van der Waals surface area contributed by atoms with Crippen molar-refractivity contribution in [3.05, 3.63) is 87.8 Å². The number of aryl methyl sites for hydroxylation is 1. The Morgan fingerprint density at radius 1 is 1.17 bits per heavy atom. The number of nitrogens with one attached hydrogen (secondary N) is 1. The van der Waals surface area contributed by atoms with Gasteiger partial charge in [-0.2, -0.15) is 0 Å². The van der Waals surface area contributed by atoms with Crippen LogP contribution >= 0.6 is 11.6 Å². The van der Waals surface area contributed by atoms with Gasteiger partial charge in [0.05, 0.1) is 17.9 Å². The Bertz CT molecular complexity index is 1340. The monoisotopic (exact) mass is 519 g/mol. The summed E-state index contributed by atoms with van der Waals surface area (Å²) in [6, 6.07) is 10.3. The number of amides is 2. The minimum Gasteiger partial charge on any atom is -0.393 e. The molecule has 0 unspecified atom stereocenters. The van der Waals surface area contributed by atoms with Crippen molar-refractivity contribution in [2.24, 2.45) is 0 Å². The molecule has 7 nitrogen and oxygen atoms in total. The lowest BCUT2D eigenvalue weighted by Crippen LogP contribution is -2.48. The topological polar surface area (TPSA) is 103 Å². The fourth-order valence-electron chi connectivity index (χ4n) is 4.04. The van der Waals surface area contributed by atoms with Crippen LogP contribution in [0.4, 0.5) is 24.7 Å². The molecule has 36 heavy (non-hydrogen) atoms. The van der Waals surface area contributed by atoms with Gasteiger partial charge in [-0.15, -0.1) is 0 Å². The zero-order valence-electron chi connectivity index (χ0n) is 18.9. The lowest BCUT2D eigenvalue weighted by Gasteiger charge is -2.33. The van der Waals surface area contributed by atoms with Crippen molar-refractivity contribution in [2.75, 3.05) is 23.4 Å². The molecule has 0 spiro atoms. The first-order valence-corrected chi connectivity index (χ1v) is 11.2. The van der Waals surface area contributed by atoms with Crippen LogP contribution in [0.3, 0.4) is 0 Å². The number of nitrogens with zero attached hydrogens (tertiary/aromatic N) is 2. The molecule has 1 aromatic heterocycles. The van der Waals surface area contributed by atoms with Crippen LogP contribution in [-0.4, -0.2) is 46.1 Å². The molecule has 0 aliphatic carbocycles. The summed E-state index contributed by atoms with van der Waals surface area (Å²) in [6.07, 6.45) is 0.240. The lowest BCUT2D eigenvalue weighted by molar-refractivity contribution is -0.205. The Balaban J connectivity index is 1.62. The van der Waals surface area contributed by atoms with E-state index in [9.17, 15) is 33.0 Å². The minimum atomic E-state index is -3.75. The van der Waals surface area contributed by atoms with Gasteiger partial charge in [0, 0.05) is 35.3 Å². The van der Waals surface area contributed by atoms with Crippen molar-refractivity contribution in [1.82, 2.24) is 4.98 Å². The van der Waals surface area contributed by atoms with Crippen molar-refractivity contribution < 1.29 is 33.0 Å². The summed E-state index contributed by atoms with van der Waals surface area (Å²) in [5, 5.41) is 22.9. The summed E-state index contributed by atoms with van der Waals surface area (Å²) in [6.45, 7) is -0.0899. The molecular formula is C25H21ClF3N3O4. The third-order valence-electron chi connectivity index (χ3n) is 6.12. The Morgan fingerprint density at radius 2 is 1.92 bits per heavy atom. The number of anilines is 2. The molecule has 1 aliphatic rings. The van der Waals surface area contributed by atoms with Gasteiger partial charge in [0.25, 0.3) is 17.7 Å². The zero-order chi connectivity index (χ0) is 26.3. The number of fused-ring (bicyclic) bond motifs is 1. The van der Waals surface area contributed by atoms with Gasteiger partial charge in [0.1, 0.15) is 11.6 Å². The highest BCUT2D eigenvalue weighted by Gasteiger charge is 2.56. The number of aromatic nitrogens is 1. The number of aliphatic hydroxyl groups is 2. The number of alkyl halides is 2. The summed E-state index contributed by atoms with van der Waals surface area (Å²) in [5.74, 6) is -5.52. The molecule has 11 heteroatoms. The Hall–Kier alpha value is -3.47. The van der Waals surface area contributed by atoms with Crippen LogP contribution in [0.1, 0.15) is 38.3 Å². The van der Waals surface area contributed by atoms with Crippen molar-refractivity contribution >= 4 is 34.9 Å². The van der Waals surface area contributed by atoms with Gasteiger partial charge >= 0.3 is 0 Å². The van der Waals surface area contributed by atoms with Gasteiger partial charge in [-0.05, 0) is 55.0 Å². The summed E-state index contributed by atoms with van der Waals surface area (Å²) < 4.78 is 43.2. The van der Waals surface area contributed by atoms with E-state index in [1.54, 1.807) is 6.92 Å². The second-order valence-electron chi connectivity index (χ2n) is 8.44. The molecule has 2 heterocycles. The summed E-state index contributed by atoms with van der Waals surface area (Å²) in [7, 11) is 0. The van der Waals surface area contributed by atoms with Crippen LogP contribution < -0.4 is 10.2 Å².